The molecule has 1 fully saturated rings. The summed E-state index contributed by atoms with van der Waals surface area (Å²) in [6, 6.07) is 3.92. The zero-order chi connectivity index (χ0) is 12.1. The van der Waals surface area contributed by atoms with Crippen molar-refractivity contribution in [1.29, 1.82) is 0 Å². The minimum absolute atomic E-state index is 0.0122. The van der Waals surface area contributed by atoms with Gasteiger partial charge < -0.3 is 10.2 Å². The molecule has 1 aromatic heterocycles. The van der Waals surface area contributed by atoms with Gasteiger partial charge >= 0.3 is 6.03 Å². The number of carbonyl (C=O) groups is 1. The molecule has 1 saturated heterocycles. The quantitative estimate of drug-likeness (QED) is 0.852. The van der Waals surface area contributed by atoms with E-state index >= 15 is 0 Å². The number of amides is 2. The molecule has 0 saturated carbocycles. The maximum absolute atomic E-state index is 12.0. The molecule has 2 heterocycles. The van der Waals surface area contributed by atoms with Gasteiger partial charge in [-0.1, -0.05) is 6.07 Å². The molecule has 0 aliphatic carbocycles. The number of nitrogens with zero attached hydrogens (tertiary/aromatic N) is 2. The van der Waals surface area contributed by atoms with Crippen LogP contribution in [-0.2, 0) is 0 Å². The van der Waals surface area contributed by atoms with Gasteiger partial charge in [-0.05, 0) is 37.8 Å². The number of urea groups is 1. The second-order valence-electron chi connectivity index (χ2n) is 4.51. The number of hydrogen-bond donors (Lipinski definition) is 1. The van der Waals surface area contributed by atoms with E-state index in [0.717, 1.165) is 31.5 Å². The molecule has 1 aromatic rings. The number of carbonyl (C=O) groups excluding carboxylic acids is 1. The van der Waals surface area contributed by atoms with E-state index in [2.05, 4.69) is 10.3 Å². The normalized spacial score (nSPS) is 17.6. The molecule has 92 valence electrons. The molecule has 1 N–H and O–H groups in total. The fourth-order valence-electron chi connectivity index (χ4n) is 2.09. The molecule has 17 heavy (non-hydrogen) atoms. The third kappa shape index (κ3) is 3.19. The molecular weight excluding hydrogens is 214 g/mol. The third-order valence-electron chi connectivity index (χ3n) is 3.17. The van der Waals surface area contributed by atoms with E-state index in [-0.39, 0.29) is 12.1 Å². The van der Waals surface area contributed by atoms with E-state index in [4.69, 9.17) is 0 Å². The minimum Gasteiger partial charge on any atom is -0.331 e. The second kappa shape index (κ2) is 5.66. The van der Waals surface area contributed by atoms with Crippen molar-refractivity contribution < 1.29 is 4.79 Å². The number of aromatic nitrogens is 1. The van der Waals surface area contributed by atoms with Crippen LogP contribution < -0.4 is 5.32 Å². The SMILES string of the molecule is CC(NC(=O)N1CCCCC1)c1cccnc1. The molecule has 0 bridgehead atoms. The Balaban J connectivity index is 1.89. The van der Waals surface area contributed by atoms with Gasteiger partial charge in [0.25, 0.3) is 0 Å². The fraction of sp³-hybridized carbons (Fsp3) is 0.538. The molecule has 4 heteroatoms. The van der Waals surface area contributed by atoms with Crippen LogP contribution >= 0.6 is 0 Å². The zero-order valence-corrected chi connectivity index (χ0v) is 10.2. The Morgan fingerprint density at radius 2 is 2.18 bits per heavy atom. The molecule has 0 aromatic carbocycles. The van der Waals surface area contributed by atoms with Crippen LogP contribution in [0.25, 0.3) is 0 Å². The first-order valence-electron chi connectivity index (χ1n) is 6.23. The highest BCUT2D eigenvalue weighted by Gasteiger charge is 2.18. The highest BCUT2D eigenvalue weighted by atomic mass is 16.2. The summed E-state index contributed by atoms with van der Waals surface area (Å²) in [6.45, 7) is 3.75. The Morgan fingerprint density at radius 3 is 2.82 bits per heavy atom. The third-order valence-corrected chi connectivity index (χ3v) is 3.17. The average Bonchev–Trinajstić information content (AvgIpc) is 2.40. The first-order valence-corrected chi connectivity index (χ1v) is 6.23. The number of pyridine rings is 1. The van der Waals surface area contributed by atoms with Crippen molar-refractivity contribution >= 4 is 6.03 Å². The maximum Gasteiger partial charge on any atom is 0.317 e. The predicted octanol–water partition coefficient (Wildman–Crippen LogP) is 2.34. The van der Waals surface area contributed by atoms with Gasteiger partial charge in [0.1, 0.15) is 0 Å². The predicted molar refractivity (Wildman–Crippen MR) is 66.6 cm³/mol. The molecule has 2 amide bonds. The number of nitrogens with one attached hydrogen (secondary N) is 1. The molecule has 1 atom stereocenters. The lowest BCUT2D eigenvalue weighted by atomic mass is 10.1. The summed E-state index contributed by atoms with van der Waals surface area (Å²) in [6.07, 6.45) is 7.01. The first-order chi connectivity index (χ1) is 8.27. The van der Waals surface area contributed by atoms with Crippen molar-refractivity contribution in [2.24, 2.45) is 0 Å². The highest BCUT2D eigenvalue weighted by molar-refractivity contribution is 5.74. The van der Waals surface area contributed by atoms with Gasteiger partial charge in [0, 0.05) is 25.5 Å². The first kappa shape index (κ1) is 11.9. The van der Waals surface area contributed by atoms with E-state index < -0.39 is 0 Å². The van der Waals surface area contributed by atoms with Crippen LogP contribution in [0.5, 0.6) is 0 Å². The Morgan fingerprint density at radius 1 is 1.41 bits per heavy atom. The topological polar surface area (TPSA) is 45.2 Å². The molecule has 0 spiro atoms. The average molecular weight is 233 g/mol. The maximum atomic E-state index is 12.0. The Bertz CT molecular complexity index is 360. The lowest BCUT2D eigenvalue weighted by Gasteiger charge is -2.28. The van der Waals surface area contributed by atoms with Crippen molar-refractivity contribution in [3.05, 3.63) is 30.1 Å². The lowest BCUT2D eigenvalue weighted by molar-refractivity contribution is 0.183. The smallest absolute Gasteiger partial charge is 0.317 e. The van der Waals surface area contributed by atoms with Crippen LogP contribution in [0.2, 0.25) is 0 Å². The summed E-state index contributed by atoms with van der Waals surface area (Å²) in [5.74, 6) is 0. The summed E-state index contributed by atoms with van der Waals surface area (Å²) in [7, 11) is 0. The van der Waals surface area contributed by atoms with Crippen LogP contribution in [0, 0.1) is 0 Å². The van der Waals surface area contributed by atoms with Crippen LogP contribution in [0.3, 0.4) is 0 Å². The van der Waals surface area contributed by atoms with E-state index in [9.17, 15) is 4.79 Å². The van der Waals surface area contributed by atoms with Gasteiger partial charge in [0.15, 0.2) is 0 Å². The van der Waals surface area contributed by atoms with Crippen molar-refractivity contribution in [2.75, 3.05) is 13.1 Å². The molecular formula is C13H19N3O. The zero-order valence-electron chi connectivity index (χ0n) is 10.2. The van der Waals surface area contributed by atoms with Crippen LogP contribution in [0.4, 0.5) is 4.79 Å². The molecule has 4 nitrogen and oxygen atoms in total. The molecule has 1 aliphatic rings. The van der Waals surface area contributed by atoms with Crippen molar-refractivity contribution in [2.45, 2.75) is 32.2 Å². The number of hydrogen-bond acceptors (Lipinski definition) is 2. The monoisotopic (exact) mass is 233 g/mol. The van der Waals surface area contributed by atoms with Gasteiger partial charge in [-0.2, -0.15) is 0 Å². The molecule has 0 radical (unpaired) electrons. The standard InChI is InChI=1S/C13H19N3O/c1-11(12-6-5-7-14-10-12)15-13(17)16-8-3-2-4-9-16/h5-7,10-11H,2-4,8-9H2,1H3,(H,15,17). The minimum atomic E-state index is 0.0122. The summed E-state index contributed by atoms with van der Waals surface area (Å²) in [5.41, 5.74) is 1.04. The summed E-state index contributed by atoms with van der Waals surface area (Å²) < 4.78 is 0. The van der Waals surface area contributed by atoms with Gasteiger partial charge in [0.2, 0.25) is 0 Å². The summed E-state index contributed by atoms with van der Waals surface area (Å²) in [4.78, 5) is 17.9. The van der Waals surface area contributed by atoms with Gasteiger partial charge in [0.05, 0.1) is 6.04 Å². The largest absolute Gasteiger partial charge is 0.331 e. The lowest BCUT2D eigenvalue weighted by Crippen LogP contribution is -2.43. The van der Waals surface area contributed by atoms with E-state index in [0.29, 0.717) is 0 Å². The number of rotatable bonds is 2. The van der Waals surface area contributed by atoms with Crippen molar-refractivity contribution in [1.82, 2.24) is 15.2 Å². The van der Waals surface area contributed by atoms with E-state index in [1.165, 1.54) is 6.42 Å². The Kier molecular flexibility index (Phi) is 3.96. The van der Waals surface area contributed by atoms with Crippen LogP contribution in [0.1, 0.15) is 37.8 Å². The number of likely N-dealkylation sites (tertiary alicyclic amines) is 1. The van der Waals surface area contributed by atoms with E-state index in [1.807, 2.05) is 24.0 Å². The molecule has 2 rings (SSSR count). The van der Waals surface area contributed by atoms with E-state index in [1.54, 1.807) is 12.4 Å². The van der Waals surface area contributed by atoms with Crippen LogP contribution in [0.15, 0.2) is 24.5 Å². The van der Waals surface area contributed by atoms with Gasteiger partial charge in [-0.25, -0.2) is 4.79 Å². The Hall–Kier alpha value is -1.58. The molecule has 1 unspecified atom stereocenters. The Labute approximate surface area is 102 Å². The van der Waals surface area contributed by atoms with Gasteiger partial charge in [-0.15, -0.1) is 0 Å². The molecule has 1 aliphatic heterocycles. The van der Waals surface area contributed by atoms with Gasteiger partial charge in [-0.3, -0.25) is 4.98 Å². The summed E-state index contributed by atoms with van der Waals surface area (Å²) >= 11 is 0. The highest BCUT2D eigenvalue weighted by Crippen LogP contribution is 2.13. The fourth-order valence-corrected chi connectivity index (χ4v) is 2.09. The second-order valence-corrected chi connectivity index (χ2v) is 4.51. The number of piperidine rings is 1. The summed E-state index contributed by atoms with van der Waals surface area (Å²) in [5, 5.41) is 3.01. The van der Waals surface area contributed by atoms with Crippen LogP contribution in [-0.4, -0.2) is 29.0 Å². The van der Waals surface area contributed by atoms with Crippen molar-refractivity contribution in [3.63, 3.8) is 0 Å². The van der Waals surface area contributed by atoms with Crippen molar-refractivity contribution in [3.8, 4) is 0 Å².